The summed E-state index contributed by atoms with van der Waals surface area (Å²) in [4.78, 5) is 0.128. The van der Waals surface area contributed by atoms with Crippen molar-refractivity contribution >= 4 is 38.9 Å². The molecule has 0 spiro atoms. The van der Waals surface area contributed by atoms with E-state index in [1.165, 1.54) is 0 Å². The SMILES string of the molecule is Cc1cc(-c2nn3c(C(F)(F)F)nnc3s2)ccc1I. The van der Waals surface area contributed by atoms with Crippen molar-refractivity contribution in [3.05, 3.63) is 33.2 Å². The summed E-state index contributed by atoms with van der Waals surface area (Å²) in [6, 6.07) is 5.62. The first kappa shape index (κ1) is 13.7. The zero-order valence-corrected chi connectivity index (χ0v) is 12.9. The Hall–Kier alpha value is -1.23. The second-order valence-electron chi connectivity index (χ2n) is 4.09. The minimum absolute atomic E-state index is 0.128. The van der Waals surface area contributed by atoms with Gasteiger partial charge in [-0.3, -0.25) is 0 Å². The molecule has 0 aliphatic rings. The number of hydrogen-bond donors (Lipinski definition) is 0. The summed E-state index contributed by atoms with van der Waals surface area (Å²) in [5, 5.41) is 11.1. The third-order valence-electron chi connectivity index (χ3n) is 2.65. The van der Waals surface area contributed by atoms with Gasteiger partial charge in [-0.25, -0.2) is 0 Å². The monoisotopic (exact) mass is 410 g/mol. The maximum atomic E-state index is 12.7. The van der Waals surface area contributed by atoms with E-state index in [1.807, 2.05) is 25.1 Å². The predicted octanol–water partition coefficient (Wildman–Crippen LogP) is 3.78. The van der Waals surface area contributed by atoms with Gasteiger partial charge in [-0.05, 0) is 47.2 Å². The molecule has 0 aliphatic carbocycles. The second-order valence-corrected chi connectivity index (χ2v) is 6.21. The van der Waals surface area contributed by atoms with Gasteiger partial charge < -0.3 is 0 Å². The summed E-state index contributed by atoms with van der Waals surface area (Å²) in [6.07, 6.45) is -4.56. The lowest BCUT2D eigenvalue weighted by Gasteiger charge is -2.01. The maximum Gasteiger partial charge on any atom is 0.453 e. The van der Waals surface area contributed by atoms with Gasteiger partial charge in [-0.1, -0.05) is 17.4 Å². The molecule has 0 aliphatic heterocycles. The first-order valence-corrected chi connectivity index (χ1v) is 7.32. The van der Waals surface area contributed by atoms with E-state index in [9.17, 15) is 13.2 Å². The van der Waals surface area contributed by atoms with Crippen molar-refractivity contribution in [2.45, 2.75) is 13.1 Å². The van der Waals surface area contributed by atoms with Gasteiger partial charge in [0, 0.05) is 9.13 Å². The Morgan fingerprint density at radius 1 is 1.25 bits per heavy atom. The average Bonchev–Trinajstić information content (AvgIpc) is 2.90. The smallest absolute Gasteiger partial charge is 0.178 e. The molecule has 0 atom stereocenters. The lowest BCUT2D eigenvalue weighted by Crippen LogP contribution is -2.11. The summed E-state index contributed by atoms with van der Waals surface area (Å²) in [7, 11) is 0. The van der Waals surface area contributed by atoms with Crippen molar-refractivity contribution in [1.29, 1.82) is 0 Å². The van der Waals surface area contributed by atoms with E-state index in [0.29, 0.717) is 5.01 Å². The van der Waals surface area contributed by atoms with Gasteiger partial charge in [0.25, 0.3) is 5.82 Å². The number of alkyl halides is 3. The standard InChI is InChI=1S/C11H6F3IN4S/c1-5-4-6(2-3-7(5)15)8-18-19-9(11(12,13)14)16-17-10(19)20-8/h2-4H,1H3. The summed E-state index contributed by atoms with van der Waals surface area (Å²) in [5.74, 6) is -1.10. The lowest BCUT2D eigenvalue weighted by molar-refractivity contribution is -0.146. The van der Waals surface area contributed by atoms with Crippen LogP contribution in [-0.4, -0.2) is 19.8 Å². The number of hydrogen-bond acceptors (Lipinski definition) is 4. The third kappa shape index (κ3) is 2.28. The molecule has 3 aromatic rings. The Morgan fingerprint density at radius 2 is 2.00 bits per heavy atom. The van der Waals surface area contributed by atoms with Crippen LogP contribution in [0, 0.1) is 10.5 Å². The van der Waals surface area contributed by atoms with Crippen LogP contribution < -0.4 is 0 Å². The molecule has 0 bridgehead atoms. The minimum Gasteiger partial charge on any atom is -0.178 e. The molecule has 1 aromatic carbocycles. The van der Waals surface area contributed by atoms with E-state index in [1.54, 1.807) is 0 Å². The van der Waals surface area contributed by atoms with Crippen molar-refractivity contribution in [1.82, 2.24) is 19.8 Å². The van der Waals surface area contributed by atoms with E-state index in [0.717, 1.165) is 30.5 Å². The van der Waals surface area contributed by atoms with Crippen molar-refractivity contribution in [3.8, 4) is 10.6 Å². The normalized spacial score (nSPS) is 12.2. The van der Waals surface area contributed by atoms with E-state index >= 15 is 0 Å². The maximum absolute atomic E-state index is 12.7. The van der Waals surface area contributed by atoms with Crippen LogP contribution in [0.1, 0.15) is 11.4 Å². The number of nitrogens with zero attached hydrogens (tertiary/aromatic N) is 4. The van der Waals surface area contributed by atoms with Crippen molar-refractivity contribution < 1.29 is 13.2 Å². The zero-order valence-electron chi connectivity index (χ0n) is 9.94. The van der Waals surface area contributed by atoms with Crippen LogP contribution in [0.2, 0.25) is 0 Å². The number of aromatic nitrogens is 4. The second kappa shape index (κ2) is 4.65. The van der Waals surface area contributed by atoms with Gasteiger partial charge in [0.2, 0.25) is 4.96 Å². The van der Waals surface area contributed by atoms with E-state index in [4.69, 9.17) is 0 Å². The first-order valence-electron chi connectivity index (χ1n) is 5.42. The fourth-order valence-electron chi connectivity index (χ4n) is 1.69. The third-order valence-corrected chi connectivity index (χ3v) is 4.81. The van der Waals surface area contributed by atoms with Gasteiger partial charge in [-0.2, -0.15) is 22.8 Å². The molecule has 0 unspecified atom stereocenters. The van der Waals surface area contributed by atoms with Crippen molar-refractivity contribution in [3.63, 3.8) is 0 Å². The molecule has 2 heterocycles. The number of rotatable bonds is 1. The molecule has 3 rings (SSSR count). The van der Waals surface area contributed by atoms with Crippen LogP contribution in [0.25, 0.3) is 15.5 Å². The molecule has 0 N–H and O–H groups in total. The Bertz CT molecular complexity index is 793. The number of fused-ring (bicyclic) bond motifs is 1. The Labute approximate surface area is 128 Å². The predicted molar refractivity (Wildman–Crippen MR) is 76.6 cm³/mol. The molecular formula is C11H6F3IN4S. The van der Waals surface area contributed by atoms with Crippen LogP contribution in [0.15, 0.2) is 18.2 Å². The summed E-state index contributed by atoms with van der Waals surface area (Å²) in [5.41, 5.74) is 1.82. The molecule has 4 nitrogen and oxygen atoms in total. The van der Waals surface area contributed by atoms with Crippen LogP contribution in [0.3, 0.4) is 0 Å². The average molecular weight is 410 g/mol. The lowest BCUT2D eigenvalue weighted by atomic mass is 10.1. The van der Waals surface area contributed by atoms with E-state index < -0.39 is 12.0 Å². The zero-order chi connectivity index (χ0) is 14.5. The highest BCUT2D eigenvalue weighted by Crippen LogP contribution is 2.32. The molecule has 0 saturated heterocycles. The molecule has 0 saturated carbocycles. The number of benzene rings is 1. The first-order chi connectivity index (χ1) is 9.36. The van der Waals surface area contributed by atoms with Crippen LogP contribution in [-0.2, 0) is 6.18 Å². The minimum atomic E-state index is -4.56. The molecule has 0 radical (unpaired) electrons. The van der Waals surface area contributed by atoms with Gasteiger partial charge >= 0.3 is 6.18 Å². The van der Waals surface area contributed by atoms with Crippen molar-refractivity contribution in [2.75, 3.05) is 0 Å². The Balaban J connectivity index is 2.14. The van der Waals surface area contributed by atoms with Gasteiger partial charge in [0.1, 0.15) is 5.01 Å². The highest BCUT2D eigenvalue weighted by atomic mass is 127. The highest BCUT2D eigenvalue weighted by Gasteiger charge is 2.38. The molecular weight excluding hydrogens is 404 g/mol. The van der Waals surface area contributed by atoms with Gasteiger partial charge in [-0.15, -0.1) is 10.2 Å². The summed E-state index contributed by atoms with van der Waals surface area (Å²) in [6.45, 7) is 1.94. The van der Waals surface area contributed by atoms with E-state index in [-0.39, 0.29) is 4.96 Å². The molecule has 0 fully saturated rings. The molecule has 20 heavy (non-hydrogen) atoms. The fraction of sp³-hybridized carbons (Fsp3) is 0.182. The summed E-state index contributed by atoms with van der Waals surface area (Å²) >= 11 is 3.27. The molecule has 2 aromatic heterocycles. The molecule has 104 valence electrons. The quantitative estimate of drug-likeness (QED) is 0.574. The van der Waals surface area contributed by atoms with Crippen molar-refractivity contribution in [2.24, 2.45) is 0 Å². The van der Waals surface area contributed by atoms with Crippen LogP contribution in [0.4, 0.5) is 13.2 Å². The van der Waals surface area contributed by atoms with Crippen LogP contribution in [0.5, 0.6) is 0 Å². The highest BCUT2D eigenvalue weighted by molar-refractivity contribution is 14.1. The Kier molecular flexibility index (Phi) is 3.20. The topological polar surface area (TPSA) is 43.1 Å². The van der Waals surface area contributed by atoms with Crippen LogP contribution >= 0.6 is 33.9 Å². The molecule has 0 amide bonds. The number of halogens is 4. The largest absolute Gasteiger partial charge is 0.453 e. The van der Waals surface area contributed by atoms with Gasteiger partial charge in [0.15, 0.2) is 0 Å². The Morgan fingerprint density at radius 3 is 2.65 bits per heavy atom. The van der Waals surface area contributed by atoms with Gasteiger partial charge in [0.05, 0.1) is 0 Å². The fourth-order valence-corrected chi connectivity index (χ4v) is 2.86. The number of aryl methyl sites for hydroxylation is 1. The van der Waals surface area contributed by atoms with E-state index in [2.05, 4.69) is 37.9 Å². The summed E-state index contributed by atoms with van der Waals surface area (Å²) < 4.78 is 40.0. The molecule has 9 heteroatoms.